The topological polar surface area (TPSA) is 54.5 Å². The number of imide groups is 1. The normalized spacial score (nSPS) is 28.9. The van der Waals surface area contributed by atoms with Gasteiger partial charge in [-0.15, -0.1) is 0 Å². The van der Waals surface area contributed by atoms with Crippen LogP contribution in [0.4, 0.5) is 5.69 Å². The van der Waals surface area contributed by atoms with Gasteiger partial charge in [-0.3, -0.25) is 14.4 Å². The highest BCUT2D eigenvalue weighted by Crippen LogP contribution is 2.74. The third-order valence-electron chi connectivity index (χ3n) is 8.98. The van der Waals surface area contributed by atoms with E-state index in [2.05, 4.69) is 0 Å². The van der Waals surface area contributed by atoms with E-state index >= 15 is 0 Å². The van der Waals surface area contributed by atoms with Crippen LogP contribution in [0.3, 0.4) is 0 Å². The highest BCUT2D eigenvalue weighted by atomic mass is 16.2. The molecule has 1 aliphatic heterocycles. The van der Waals surface area contributed by atoms with E-state index in [0.717, 1.165) is 33.4 Å². The summed E-state index contributed by atoms with van der Waals surface area (Å²) in [4.78, 5) is 44.2. The number of hydrogen-bond donors (Lipinski definition) is 0. The molecule has 6 rings (SSSR count). The highest BCUT2D eigenvalue weighted by Gasteiger charge is 2.79. The molecule has 3 aromatic rings. The van der Waals surface area contributed by atoms with Gasteiger partial charge in [-0.05, 0) is 72.7 Å². The van der Waals surface area contributed by atoms with Crippen molar-refractivity contribution in [2.24, 2.45) is 22.7 Å². The predicted molar refractivity (Wildman–Crippen MR) is 141 cm³/mol. The molecule has 2 bridgehead atoms. The second kappa shape index (κ2) is 7.60. The van der Waals surface area contributed by atoms with Crippen LogP contribution in [0.15, 0.2) is 78.9 Å². The summed E-state index contributed by atoms with van der Waals surface area (Å²) in [6.45, 7) is 7.87. The van der Waals surface area contributed by atoms with Gasteiger partial charge in [0.15, 0.2) is 5.78 Å². The Morgan fingerprint density at radius 2 is 1.28 bits per heavy atom. The number of anilines is 1. The number of rotatable bonds is 4. The molecule has 0 spiro atoms. The van der Waals surface area contributed by atoms with Crippen molar-refractivity contribution in [2.75, 3.05) is 4.90 Å². The number of fused-ring (bicyclic) bond motifs is 5. The highest BCUT2D eigenvalue weighted by molar-refractivity contribution is 6.34. The molecule has 2 aliphatic carbocycles. The molecule has 3 aromatic carbocycles. The number of carbonyl (C=O) groups is 3. The molecule has 2 amide bonds. The number of Topliss-reactive ketones (excluding diaryl/α,β-unsaturated/α-hetero) is 1. The maximum atomic E-state index is 14.5. The number of amides is 2. The number of allylic oxidation sites excluding steroid dienone is 2. The largest absolute Gasteiger partial charge is 0.298 e. The van der Waals surface area contributed by atoms with Crippen LogP contribution < -0.4 is 4.90 Å². The molecular weight excluding hydrogens is 446 g/mol. The molecule has 3 aliphatic rings. The fraction of sp³-hybridized carbons (Fsp3) is 0.281. The Bertz CT molecular complexity index is 1470. The van der Waals surface area contributed by atoms with Crippen LogP contribution in [0.5, 0.6) is 0 Å². The van der Waals surface area contributed by atoms with Crippen LogP contribution >= 0.6 is 0 Å². The minimum absolute atomic E-state index is 0.00615. The molecule has 4 heteroatoms. The van der Waals surface area contributed by atoms with Crippen molar-refractivity contribution in [1.29, 1.82) is 0 Å². The summed E-state index contributed by atoms with van der Waals surface area (Å²) in [6, 6.07) is 25.5. The third-order valence-corrected chi connectivity index (χ3v) is 8.98. The summed E-state index contributed by atoms with van der Waals surface area (Å²) in [5.41, 5.74) is 4.26. The maximum Gasteiger partial charge on any atom is 0.239 e. The number of ketones is 1. The number of carbonyl (C=O) groups excluding carboxylic acids is 3. The van der Waals surface area contributed by atoms with E-state index in [-0.39, 0.29) is 17.6 Å². The van der Waals surface area contributed by atoms with Crippen LogP contribution in [0.1, 0.15) is 42.5 Å². The third kappa shape index (κ3) is 2.57. The number of aryl methyl sites for hydroxylation is 2. The first-order chi connectivity index (χ1) is 17.3. The fourth-order valence-corrected chi connectivity index (χ4v) is 7.25. The van der Waals surface area contributed by atoms with Crippen molar-refractivity contribution in [3.05, 3.63) is 101 Å². The average Bonchev–Trinajstić information content (AvgIpc) is 3.36. The van der Waals surface area contributed by atoms with E-state index < -0.39 is 22.7 Å². The Hall–Kier alpha value is -3.79. The summed E-state index contributed by atoms with van der Waals surface area (Å²) in [6.07, 6.45) is 0.461. The second-order valence-corrected chi connectivity index (χ2v) is 10.6. The summed E-state index contributed by atoms with van der Waals surface area (Å²) in [5, 5.41) is 0. The molecule has 2 fully saturated rings. The van der Waals surface area contributed by atoms with Crippen LogP contribution in [0.25, 0.3) is 11.1 Å². The molecule has 1 saturated heterocycles. The van der Waals surface area contributed by atoms with E-state index in [9.17, 15) is 14.4 Å². The lowest BCUT2D eigenvalue weighted by Gasteiger charge is -2.37. The number of nitrogens with zero attached hydrogens (tertiary/aromatic N) is 1. The van der Waals surface area contributed by atoms with Gasteiger partial charge >= 0.3 is 0 Å². The quantitative estimate of drug-likeness (QED) is 0.434. The van der Waals surface area contributed by atoms with Crippen LogP contribution in [-0.4, -0.2) is 17.6 Å². The average molecular weight is 476 g/mol. The van der Waals surface area contributed by atoms with Crippen LogP contribution in [0.2, 0.25) is 0 Å². The minimum Gasteiger partial charge on any atom is -0.298 e. The summed E-state index contributed by atoms with van der Waals surface area (Å²) >= 11 is 0. The monoisotopic (exact) mass is 475 g/mol. The van der Waals surface area contributed by atoms with Gasteiger partial charge in [-0.25, -0.2) is 4.90 Å². The number of hydrogen-bond acceptors (Lipinski definition) is 3. The molecule has 0 radical (unpaired) electrons. The van der Waals surface area contributed by atoms with E-state index in [1.807, 2.05) is 107 Å². The summed E-state index contributed by atoms with van der Waals surface area (Å²) in [7, 11) is 0. The molecule has 4 nitrogen and oxygen atoms in total. The minimum atomic E-state index is -1.09. The zero-order valence-corrected chi connectivity index (χ0v) is 21.0. The molecule has 1 saturated carbocycles. The Morgan fingerprint density at radius 3 is 1.83 bits per heavy atom. The van der Waals surface area contributed by atoms with Gasteiger partial charge in [0.05, 0.1) is 28.4 Å². The van der Waals surface area contributed by atoms with Crippen molar-refractivity contribution in [3.8, 4) is 0 Å². The summed E-state index contributed by atoms with van der Waals surface area (Å²) in [5.74, 6) is -1.95. The Kier molecular flexibility index (Phi) is 4.79. The standard InChI is InChI=1S/C32H29NO3/c1-5-32-25(22-14-10-7-11-15-22)24(21-12-8-6-9-13-21)31(4,30(32)36)26-27(32)29(35)33(28(26)34)23-17-16-19(2)20(3)18-23/h6-18,26-27H,5H2,1-4H3/t26-,27-,31-,32-/m0/s1. The van der Waals surface area contributed by atoms with E-state index in [4.69, 9.17) is 0 Å². The molecule has 1 heterocycles. The van der Waals surface area contributed by atoms with E-state index in [1.54, 1.807) is 0 Å². The molecule has 4 atom stereocenters. The van der Waals surface area contributed by atoms with Gasteiger partial charge < -0.3 is 0 Å². The lowest BCUT2D eigenvalue weighted by Crippen LogP contribution is -2.41. The van der Waals surface area contributed by atoms with Gasteiger partial charge in [-0.1, -0.05) is 73.7 Å². The Labute approximate surface area is 211 Å². The first-order valence-corrected chi connectivity index (χ1v) is 12.6. The molecule has 0 aromatic heterocycles. The van der Waals surface area contributed by atoms with Crippen molar-refractivity contribution < 1.29 is 14.4 Å². The first-order valence-electron chi connectivity index (χ1n) is 12.6. The first kappa shape index (κ1) is 22.7. The van der Waals surface area contributed by atoms with Crippen LogP contribution in [0, 0.1) is 36.5 Å². The van der Waals surface area contributed by atoms with Crippen molar-refractivity contribution in [3.63, 3.8) is 0 Å². The van der Waals surface area contributed by atoms with Gasteiger partial charge in [-0.2, -0.15) is 0 Å². The SMILES string of the molecule is CC[C@]12C(=O)[C@@](C)(C(c3ccccc3)=C1c1ccccc1)[C@@H]1C(=O)N(c3ccc(C)c(C)c3)C(=O)[C@H]12. The van der Waals surface area contributed by atoms with E-state index in [1.165, 1.54) is 4.90 Å². The summed E-state index contributed by atoms with van der Waals surface area (Å²) < 4.78 is 0. The van der Waals surface area contributed by atoms with Gasteiger partial charge in [0.2, 0.25) is 11.8 Å². The van der Waals surface area contributed by atoms with Gasteiger partial charge in [0.1, 0.15) is 0 Å². The molecule has 0 unspecified atom stereocenters. The van der Waals surface area contributed by atoms with Gasteiger partial charge in [0, 0.05) is 0 Å². The Morgan fingerprint density at radius 1 is 0.722 bits per heavy atom. The second-order valence-electron chi connectivity index (χ2n) is 10.6. The predicted octanol–water partition coefficient (Wildman–Crippen LogP) is 6.02. The van der Waals surface area contributed by atoms with Gasteiger partial charge in [0.25, 0.3) is 0 Å². The van der Waals surface area contributed by atoms with Crippen molar-refractivity contribution in [2.45, 2.75) is 34.1 Å². The lowest BCUT2D eigenvalue weighted by atomic mass is 9.62. The molecule has 0 N–H and O–H groups in total. The van der Waals surface area contributed by atoms with Crippen LogP contribution in [-0.2, 0) is 14.4 Å². The molecule has 180 valence electrons. The maximum absolute atomic E-state index is 14.5. The smallest absolute Gasteiger partial charge is 0.239 e. The van der Waals surface area contributed by atoms with Crippen molar-refractivity contribution >= 4 is 34.4 Å². The zero-order chi connectivity index (χ0) is 25.4. The molecule has 36 heavy (non-hydrogen) atoms. The lowest BCUT2D eigenvalue weighted by molar-refractivity contribution is -0.134. The number of benzene rings is 3. The van der Waals surface area contributed by atoms with Crippen molar-refractivity contribution in [1.82, 2.24) is 0 Å². The Balaban J connectivity index is 1.64. The van der Waals surface area contributed by atoms with E-state index in [0.29, 0.717) is 12.1 Å². The fourth-order valence-electron chi connectivity index (χ4n) is 7.25. The zero-order valence-electron chi connectivity index (χ0n) is 21.0. The molecular formula is C32H29NO3.